The molecule has 1 fully saturated rings. The van der Waals surface area contributed by atoms with Crippen LogP contribution < -0.4 is 11.5 Å². The first kappa shape index (κ1) is 12.2. The lowest BCUT2D eigenvalue weighted by Crippen LogP contribution is -2.42. The van der Waals surface area contributed by atoms with Gasteiger partial charge in [-0.1, -0.05) is 11.6 Å². The Kier molecular flexibility index (Phi) is 3.54. The molecule has 4 nitrogen and oxygen atoms in total. The number of benzene rings is 1. The molecular weight excluding hydrogens is 238 g/mol. The Labute approximate surface area is 106 Å². The van der Waals surface area contributed by atoms with Gasteiger partial charge in [0.15, 0.2) is 0 Å². The summed E-state index contributed by atoms with van der Waals surface area (Å²) in [5.74, 6) is -0.0399. The van der Waals surface area contributed by atoms with Crippen LogP contribution in [0.25, 0.3) is 0 Å². The van der Waals surface area contributed by atoms with E-state index < -0.39 is 0 Å². The average molecular weight is 254 g/mol. The zero-order valence-corrected chi connectivity index (χ0v) is 10.3. The molecule has 4 N–H and O–H groups in total. The number of piperidine rings is 1. The molecule has 1 saturated heterocycles. The number of likely N-dealkylation sites (tertiary alicyclic amines) is 1. The van der Waals surface area contributed by atoms with Crippen LogP contribution in [0.3, 0.4) is 0 Å². The van der Waals surface area contributed by atoms with E-state index >= 15 is 0 Å². The SMILES string of the molecule is Nc1ccc(C(=O)N2CCC(N)CC2)c(Cl)c1. The smallest absolute Gasteiger partial charge is 0.255 e. The van der Waals surface area contributed by atoms with E-state index in [9.17, 15) is 4.79 Å². The third kappa shape index (κ3) is 2.70. The molecule has 1 aliphatic rings. The maximum atomic E-state index is 12.2. The van der Waals surface area contributed by atoms with Crippen molar-refractivity contribution in [3.05, 3.63) is 28.8 Å². The summed E-state index contributed by atoms with van der Waals surface area (Å²) in [7, 11) is 0. The third-order valence-corrected chi connectivity index (χ3v) is 3.36. The van der Waals surface area contributed by atoms with Crippen molar-refractivity contribution in [1.29, 1.82) is 0 Å². The molecule has 1 aromatic rings. The first-order chi connectivity index (χ1) is 8.08. The van der Waals surface area contributed by atoms with Crippen LogP contribution in [0.1, 0.15) is 23.2 Å². The van der Waals surface area contributed by atoms with Gasteiger partial charge in [0.2, 0.25) is 0 Å². The molecule has 0 aliphatic carbocycles. The molecule has 0 bridgehead atoms. The number of hydrogen-bond acceptors (Lipinski definition) is 3. The van der Waals surface area contributed by atoms with Crippen LogP contribution in [0.15, 0.2) is 18.2 Å². The van der Waals surface area contributed by atoms with E-state index in [1.807, 2.05) is 0 Å². The molecule has 1 heterocycles. The second kappa shape index (κ2) is 4.94. The average Bonchev–Trinajstić information content (AvgIpc) is 2.29. The van der Waals surface area contributed by atoms with Gasteiger partial charge < -0.3 is 16.4 Å². The molecule has 2 rings (SSSR count). The molecule has 0 spiro atoms. The minimum absolute atomic E-state index is 0.0399. The van der Waals surface area contributed by atoms with Gasteiger partial charge in [-0.05, 0) is 31.0 Å². The van der Waals surface area contributed by atoms with Crippen LogP contribution in [0, 0.1) is 0 Å². The monoisotopic (exact) mass is 253 g/mol. The van der Waals surface area contributed by atoms with E-state index in [0.29, 0.717) is 29.4 Å². The summed E-state index contributed by atoms with van der Waals surface area (Å²) in [6.07, 6.45) is 1.69. The summed E-state index contributed by atoms with van der Waals surface area (Å²) < 4.78 is 0. The Balaban J connectivity index is 2.14. The maximum absolute atomic E-state index is 12.2. The summed E-state index contributed by atoms with van der Waals surface area (Å²) >= 11 is 6.02. The van der Waals surface area contributed by atoms with E-state index in [-0.39, 0.29) is 11.9 Å². The highest BCUT2D eigenvalue weighted by Gasteiger charge is 2.23. The Morgan fingerprint density at radius 3 is 2.59 bits per heavy atom. The molecule has 92 valence electrons. The number of halogens is 1. The molecular formula is C12H16ClN3O. The lowest BCUT2D eigenvalue weighted by molar-refractivity contribution is 0.0715. The number of nitrogen functional groups attached to an aromatic ring is 1. The topological polar surface area (TPSA) is 72.4 Å². The fraction of sp³-hybridized carbons (Fsp3) is 0.417. The summed E-state index contributed by atoms with van der Waals surface area (Å²) in [6.45, 7) is 1.39. The predicted octanol–water partition coefficient (Wildman–Crippen LogP) is 1.49. The molecule has 0 aromatic heterocycles. The fourth-order valence-electron chi connectivity index (χ4n) is 1.98. The quantitative estimate of drug-likeness (QED) is 0.745. The normalized spacial score (nSPS) is 17.2. The lowest BCUT2D eigenvalue weighted by Gasteiger charge is -2.30. The largest absolute Gasteiger partial charge is 0.399 e. The van der Waals surface area contributed by atoms with Crippen molar-refractivity contribution in [3.8, 4) is 0 Å². The number of carbonyl (C=O) groups excluding carboxylic acids is 1. The van der Waals surface area contributed by atoms with Gasteiger partial charge in [0.1, 0.15) is 0 Å². The third-order valence-electron chi connectivity index (χ3n) is 3.05. The first-order valence-corrected chi connectivity index (χ1v) is 6.05. The molecule has 5 heteroatoms. The van der Waals surface area contributed by atoms with Gasteiger partial charge in [-0.2, -0.15) is 0 Å². The second-order valence-electron chi connectivity index (χ2n) is 4.37. The fourth-order valence-corrected chi connectivity index (χ4v) is 2.25. The van der Waals surface area contributed by atoms with E-state index in [1.54, 1.807) is 23.1 Å². The molecule has 0 radical (unpaired) electrons. The van der Waals surface area contributed by atoms with E-state index in [1.165, 1.54) is 0 Å². The number of amides is 1. The molecule has 1 aliphatic heterocycles. The summed E-state index contributed by atoms with van der Waals surface area (Å²) in [4.78, 5) is 14.0. The van der Waals surface area contributed by atoms with Gasteiger partial charge in [-0.3, -0.25) is 4.79 Å². The van der Waals surface area contributed by atoms with Gasteiger partial charge in [-0.15, -0.1) is 0 Å². The number of nitrogens with two attached hydrogens (primary N) is 2. The van der Waals surface area contributed by atoms with Crippen molar-refractivity contribution in [3.63, 3.8) is 0 Å². The summed E-state index contributed by atoms with van der Waals surface area (Å²) in [6, 6.07) is 5.18. The zero-order chi connectivity index (χ0) is 12.4. The van der Waals surface area contributed by atoms with Crippen LogP contribution in [0.2, 0.25) is 5.02 Å². The van der Waals surface area contributed by atoms with Crippen LogP contribution in [0.4, 0.5) is 5.69 Å². The van der Waals surface area contributed by atoms with Crippen molar-refractivity contribution in [1.82, 2.24) is 4.90 Å². The van der Waals surface area contributed by atoms with E-state index in [0.717, 1.165) is 12.8 Å². The summed E-state index contributed by atoms with van der Waals surface area (Å²) in [5, 5.41) is 0.407. The second-order valence-corrected chi connectivity index (χ2v) is 4.78. The van der Waals surface area contributed by atoms with Gasteiger partial charge in [0.25, 0.3) is 5.91 Å². The minimum atomic E-state index is -0.0399. The van der Waals surface area contributed by atoms with E-state index in [2.05, 4.69) is 0 Å². The lowest BCUT2D eigenvalue weighted by atomic mass is 10.0. The zero-order valence-electron chi connectivity index (χ0n) is 9.53. The van der Waals surface area contributed by atoms with Crippen molar-refractivity contribution < 1.29 is 4.79 Å². The predicted molar refractivity (Wildman–Crippen MR) is 69.0 cm³/mol. The Hall–Kier alpha value is -1.26. The number of rotatable bonds is 1. The Bertz CT molecular complexity index is 428. The molecule has 0 unspecified atom stereocenters. The highest BCUT2D eigenvalue weighted by atomic mass is 35.5. The van der Waals surface area contributed by atoms with Crippen LogP contribution in [-0.2, 0) is 0 Å². The highest BCUT2D eigenvalue weighted by Crippen LogP contribution is 2.22. The van der Waals surface area contributed by atoms with Gasteiger partial charge in [0, 0.05) is 24.8 Å². The highest BCUT2D eigenvalue weighted by molar-refractivity contribution is 6.34. The van der Waals surface area contributed by atoms with Crippen molar-refractivity contribution >= 4 is 23.2 Å². The Morgan fingerprint density at radius 1 is 1.35 bits per heavy atom. The van der Waals surface area contributed by atoms with E-state index in [4.69, 9.17) is 23.1 Å². The Morgan fingerprint density at radius 2 is 2.00 bits per heavy atom. The maximum Gasteiger partial charge on any atom is 0.255 e. The van der Waals surface area contributed by atoms with Crippen LogP contribution >= 0.6 is 11.6 Å². The van der Waals surface area contributed by atoms with Crippen molar-refractivity contribution in [2.24, 2.45) is 5.73 Å². The van der Waals surface area contributed by atoms with Gasteiger partial charge in [0.05, 0.1) is 10.6 Å². The molecule has 0 saturated carbocycles. The first-order valence-electron chi connectivity index (χ1n) is 5.68. The molecule has 1 amide bonds. The van der Waals surface area contributed by atoms with Crippen LogP contribution in [-0.4, -0.2) is 29.9 Å². The number of anilines is 1. The van der Waals surface area contributed by atoms with Gasteiger partial charge >= 0.3 is 0 Å². The molecule has 1 aromatic carbocycles. The summed E-state index contributed by atoms with van der Waals surface area (Å²) in [5.41, 5.74) is 12.5. The van der Waals surface area contributed by atoms with Crippen LogP contribution in [0.5, 0.6) is 0 Å². The van der Waals surface area contributed by atoms with Crippen molar-refractivity contribution in [2.45, 2.75) is 18.9 Å². The van der Waals surface area contributed by atoms with Gasteiger partial charge in [-0.25, -0.2) is 0 Å². The van der Waals surface area contributed by atoms with Crippen molar-refractivity contribution in [2.75, 3.05) is 18.8 Å². The molecule has 17 heavy (non-hydrogen) atoms. The number of nitrogens with zero attached hydrogens (tertiary/aromatic N) is 1. The standard InChI is InChI=1S/C12H16ClN3O/c13-11-7-9(15)1-2-10(11)12(17)16-5-3-8(14)4-6-16/h1-2,7-8H,3-6,14-15H2. The number of hydrogen-bond donors (Lipinski definition) is 2. The molecule has 0 atom stereocenters. The minimum Gasteiger partial charge on any atom is -0.399 e. The number of carbonyl (C=O) groups is 1.